The van der Waals surface area contributed by atoms with E-state index in [-0.39, 0.29) is 10.7 Å². The Hall–Kier alpha value is -1.13. The number of benzene rings is 1. The van der Waals surface area contributed by atoms with Gasteiger partial charge in [0, 0.05) is 0 Å². The molecule has 94 valence electrons. The number of amides is 1. The Morgan fingerprint density at radius 2 is 2.24 bits per heavy atom. The summed E-state index contributed by atoms with van der Waals surface area (Å²) < 4.78 is 13.5. The third-order valence-electron chi connectivity index (χ3n) is 2.49. The number of halogens is 2. The molecule has 1 amide bonds. The second kappa shape index (κ2) is 5.47. The summed E-state index contributed by atoms with van der Waals surface area (Å²) in [5.74, 6) is -1.06. The number of carbonyl (C=O) groups is 1. The van der Waals surface area contributed by atoms with Crippen molar-refractivity contribution in [2.24, 2.45) is 5.73 Å². The van der Waals surface area contributed by atoms with Crippen molar-refractivity contribution in [2.75, 3.05) is 5.32 Å². The van der Waals surface area contributed by atoms with Gasteiger partial charge in [0.2, 0.25) is 5.91 Å². The van der Waals surface area contributed by atoms with E-state index < -0.39 is 17.3 Å². The van der Waals surface area contributed by atoms with Crippen molar-refractivity contribution in [2.45, 2.75) is 32.2 Å². The summed E-state index contributed by atoms with van der Waals surface area (Å²) in [5.41, 5.74) is 4.88. The van der Waals surface area contributed by atoms with Crippen molar-refractivity contribution >= 4 is 23.2 Å². The van der Waals surface area contributed by atoms with Gasteiger partial charge in [-0.3, -0.25) is 4.79 Å². The zero-order valence-electron chi connectivity index (χ0n) is 9.89. The van der Waals surface area contributed by atoms with Crippen LogP contribution in [0.4, 0.5) is 10.1 Å². The molecule has 1 aromatic carbocycles. The average Bonchev–Trinajstić information content (AvgIpc) is 2.24. The van der Waals surface area contributed by atoms with E-state index in [4.69, 9.17) is 17.3 Å². The van der Waals surface area contributed by atoms with Gasteiger partial charge in [0.15, 0.2) is 5.82 Å². The molecule has 0 saturated carbocycles. The monoisotopic (exact) mass is 258 g/mol. The fourth-order valence-corrected chi connectivity index (χ4v) is 1.67. The Morgan fingerprint density at radius 3 is 2.82 bits per heavy atom. The molecule has 0 radical (unpaired) electrons. The molecule has 0 fully saturated rings. The average molecular weight is 259 g/mol. The van der Waals surface area contributed by atoms with Gasteiger partial charge in [-0.1, -0.05) is 31.0 Å². The van der Waals surface area contributed by atoms with Crippen LogP contribution < -0.4 is 11.1 Å². The molecule has 0 heterocycles. The van der Waals surface area contributed by atoms with Gasteiger partial charge in [0.25, 0.3) is 0 Å². The van der Waals surface area contributed by atoms with Crippen LogP contribution >= 0.6 is 11.6 Å². The van der Waals surface area contributed by atoms with Crippen LogP contribution in [0.15, 0.2) is 18.2 Å². The minimum absolute atomic E-state index is 0.0305. The maximum atomic E-state index is 13.5. The van der Waals surface area contributed by atoms with Crippen LogP contribution in [0.1, 0.15) is 26.7 Å². The Balaban J connectivity index is 2.85. The maximum Gasteiger partial charge on any atom is 0.244 e. The predicted octanol–water partition coefficient (Wildman–Crippen LogP) is 2.94. The van der Waals surface area contributed by atoms with Crippen LogP contribution in [0.3, 0.4) is 0 Å². The first-order chi connectivity index (χ1) is 7.88. The number of hydrogen-bond acceptors (Lipinski definition) is 2. The second-order valence-corrected chi connectivity index (χ2v) is 4.63. The zero-order valence-corrected chi connectivity index (χ0v) is 10.6. The lowest BCUT2D eigenvalue weighted by Crippen LogP contribution is -2.48. The normalized spacial score (nSPS) is 14.2. The molecule has 1 atom stereocenters. The van der Waals surface area contributed by atoms with E-state index in [1.807, 2.05) is 6.92 Å². The topological polar surface area (TPSA) is 55.1 Å². The van der Waals surface area contributed by atoms with Gasteiger partial charge < -0.3 is 11.1 Å². The highest BCUT2D eigenvalue weighted by Crippen LogP contribution is 2.23. The summed E-state index contributed by atoms with van der Waals surface area (Å²) in [6.45, 7) is 3.55. The summed E-state index contributed by atoms with van der Waals surface area (Å²) in [6.07, 6.45) is 1.31. The first-order valence-corrected chi connectivity index (χ1v) is 5.80. The summed E-state index contributed by atoms with van der Waals surface area (Å²) in [6, 6.07) is 4.43. The fraction of sp³-hybridized carbons (Fsp3) is 0.417. The molecule has 0 aliphatic carbocycles. The molecular weight excluding hydrogens is 243 g/mol. The number of nitrogens with two attached hydrogens (primary N) is 1. The molecule has 17 heavy (non-hydrogen) atoms. The van der Waals surface area contributed by atoms with Gasteiger partial charge in [-0.2, -0.15) is 0 Å². The standard InChI is InChI=1S/C12H16ClFN2O/c1-3-7-12(2,15)11(17)16-9-6-4-5-8(13)10(9)14/h4-6H,3,7,15H2,1-2H3,(H,16,17). The van der Waals surface area contributed by atoms with E-state index in [9.17, 15) is 9.18 Å². The van der Waals surface area contributed by atoms with E-state index in [2.05, 4.69) is 5.32 Å². The van der Waals surface area contributed by atoms with Gasteiger partial charge in [0.1, 0.15) is 0 Å². The smallest absolute Gasteiger partial charge is 0.244 e. The lowest BCUT2D eigenvalue weighted by molar-refractivity contribution is -0.120. The molecule has 1 unspecified atom stereocenters. The predicted molar refractivity (Wildman–Crippen MR) is 67.5 cm³/mol. The highest BCUT2D eigenvalue weighted by Gasteiger charge is 2.27. The fourth-order valence-electron chi connectivity index (χ4n) is 1.50. The number of rotatable bonds is 4. The highest BCUT2D eigenvalue weighted by atomic mass is 35.5. The van der Waals surface area contributed by atoms with Crippen LogP contribution in [-0.4, -0.2) is 11.4 Å². The quantitative estimate of drug-likeness (QED) is 0.872. The van der Waals surface area contributed by atoms with E-state index in [1.54, 1.807) is 13.0 Å². The molecule has 3 N–H and O–H groups in total. The van der Waals surface area contributed by atoms with Crippen LogP contribution in [-0.2, 0) is 4.79 Å². The maximum absolute atomic E-state index is 13.5. The number of hydrogen-bond donors (Lipinski definition) is 2. The third kappa shape index (κ3) is 3.41. The minimum Gasteiger partial charge on any atom is -0.322 e. The molecule has 1 rings (SSSR count). The third-order valence-corrected chi connectivity index (χ3v) is 2.78. The lowest BCUT2D eigenvalue weighted by atomic mass is 9.96. The molecule has 5 heteroatoms. The van der Waals surface area contributed by atoms with E-state index in [0.29, 0.717) is 6.42 Å². The molecule has 0 aliphatic heterocycles. The van der Waals surface area contributed by atoms with Gasteiger partial charge in [-0.15, -0.1) is 0 Å². The second-order valence-electron chi connectivity index (χ2n) is 4.22. The Kier molecular flexibility index (Phi) is 4.48. The van der Waals surface area contributed by atoms with Gasteiger partial charge in [0.05, 0.1) is 16.2 Å². The van der Waals surface area contributed by atoms with Crippen molar-refractivity contribution in [1.82, 2.24) is 0 Å². The molecule has 0 spiro atoms. The summed E-state index contributed by atoms with van der Waals surface area (Å²) >= 11 is 5.62. The highest BCUT2D eigenvalue weighted by molar-refractivity contribution is 6.31. The Labute approximate surface area is 105 Å². The largest absolute Gasteiger partial charge is 0.322 e. The van der Waals surface area contributed by atoms with Crippen molar-refractivity contribution in [1.29, 1.82) is 0 Å². The first-order valence-electron chi connectivity index (χ1n) is 5.43. The van der Waals surface area contributed by atoms with Crippen LogP contribution in [0.5, 0.6) is 0 Å². The molecule has 0 saturated heterocycles. The summed E-state index contributed by atoms with van der Waals surface area (Å²) in [7, 11) is 0. The van der Waals surface area contributed by atoms with Crippen molar-refractivity contribution < 1.29 is 9.18 Å². The van der Waals surface area contributed by atoms with Crippen LogP contribution in [0, 0.1) is 5.82 Å². The van der Waals surface area contributed by atoms with Crippen LogP contribution in [0.2, 0.25) is 5.02 Å². The molecule has 0 aliphatic rings. The van der Waals surface area contributed by atoms with Crippen molar-refractivity contribution in [3.05, 3.63) is 29.0 Å². The van der Waals surface area contributed by atoms with E-state index in [0.717, 1.165) is 6.42 Å². The summed E-state index contributed by atoms with van der Waals surface area (Å²) in [4.78, 5) is 11.8. The molecule has 1 aromatic rings. The summed E-state index contributed by atoms with van der Waals surface area (Å²) in [5, 5.41) is 2.42. The Bertz CT molecular complexity index is 421. The van der Waals surface area contributed by atoms with E-state index >= 15 is 0 Å². The molecule has 3 nitrogen and oxygen atoms in total. The molecular formula is C12H16ClFN2O. The van der Waals surface area contributed by atoms with Gasteiger partial charge in [-0.05, 0) is 25.5 Å². The van der Waals surface area contributed by atoms with Crippen molar-refractivity contribution in [3.8, 4) is 0 Å². The van der Waals surface area contributed by atoms with Gasteiger partial charge >= 0.3 is 0 Å². The number of nitrogens with one attached hydrogen (secondary N) is 1. The molecule has 0 bridgehead atoms. The molecule has 0 aromatic heterocycles. The van der Waals surface area contributed by atoms with Crippen molar-refractivity contribution in [3.63, 3.8) is 0 Å². The van der Waals surface area contributed by atoms with E-state index in [1.165, 1.54) is 12.1 Å². The number of anilines is 1. The zero-order chi connectivity index (χ0) is 13.1. The van der Waals surface area contributed by atoms with Gasteiger partial charge in [-0.25, -0.2) is 4.39 Å². The van der Waals surface area contributed by atoms with Crippen LogP contribution in [0.25, 0.3) is 0 Å². The number of carbonyl (C=O) groups excluding carboxylic acids is 1. The lowest BCUT2D eigenvalue weighted by Gasteiger charge is -2.23. The minimum atomic E-state index is -1.01. The SMILES string of the molecule is CCCC(C)(N)C(=O)Nc1cccc(Cl)c1F. The first kappa shape index (κ1) is 13.9. The Morgan fingerprint density at radius 1 is 1.59 bits per heavy atom.